The van der Waals surface area contributed by atoms with E-state index in [9.17, 15) is 4.79 Å². The summed E-state index contributed by atoms with van der Waals surface area (Å²) >= 11 is 0. The Morgan fingerprint density at radius 2 is 1.74 bits per heavy atom. The molecule has 1 N–H and O–H groups in total. The van der Waals surface area contributed by atoms with Crippen LogP contribution in [-0.4, -0.2) is 27.7 Å². The third-order valence-corrected chi connectivity index (χ3v) is 6.04. The monoisotopic (exact) mass is 470 g/mol. The van der Waals surface area contributed by atoms with Gasteiger partial charge in [0.2, 0.25) is 5.89 Å². The van der Waals surface area contributed by atoms with Gasteiger partial charge in [-0.1, -0.05) is 31.2 Å². The molecule has 6 nitrogen and oxygen atoms in total. The van der Waals surface area contributed by atoms with Crippen LogP contribution in [-0.2, 0) is 11.2 Å². The number of aryl methyl sites for hydroxylation is 4. The van der Waals surface area contributed by atoms with Gasteiger partial charge in [-0.25, -0.2) is 4.98 Å². The number of hydrogen-bond donors (Lipinski definition) is 1. The molecule has 0 saturated heterocycles. The molecule has 180 valence electrons. The molecule has 0 bridgehead atoms. The number of hydrogen-bond acceptors (Lipinski definition) is 5. The lowest BCUT2D eigenvalue weighted by Crippen LogP contribution is -2.09. The first-order valence-corrected chi connectivity index (χ1v) is 11.8. The van der Waals surface area contributed by atoms with Crippen LogP contribution in [0.5, 0.6) is 5.75 Å². The molecule has 2 aromatic heterocycles. The van der Waals surface area contributed by atoms with Crippen LogP contribution in [0.25, 0.3) is 22.7 Å². The van der Waals surface area contributed by atoms with Gasteiger partial charge in [-0.15, -0.1) is 0 Å². The zero-order chi connectivity index (χ0) is 24.9. The fourth-order valence-corrected chi connectivity index (χ4v) is 4.06. The van der Waals surface area contributed by atoms with Crippen LogP contribution in [0.2, 0.25) is 0 Å². The highest BCUT2D eigenvalue weighted by Crippen LogP contribution is 2.29. The maximum absolute atomic E-state index is 10.8. The van der Waals surface area contributed by atoms with Gasteiger partial charge in [0.25, 0.3) is 0 Å². The number of oxazole rings is 1. The van der Waals surface area contributed by atoms with Crippen molar-refractivity contribution in [1.29, 1.82) is 0 Å². The predicted molar refractivity (Wildman–Crippen MR) is 136 cm³/mol. The van der Waals surface area contributed by atoms with Crippen molar-refractivity contribution >= 4 is 5.97 Å². The van der Waals surface area contributed by atoms with E-state index in [-0.39, 0.29) is 12.3 Å². The molecule has 0 fully saturated rings. The summed E-state index contributed by atoms with van der Waals surface area (Å²) in [6.45, 7) is 8.41. The van der Waals surface area contributed by atoms with Gasteiger partial charge in [0.15, 0.2) is 0 Å². The molecular weight excluding hydrogens is 440 g/mol. The first kappa shape index (κ1) is 24.2. The van der Waals surface area contributed by atoms with Crippen molar-refractivity contribution in [1.82, 2.24) is 9.97 Å². The second kappa shape index (κ2) is 10.6. The number of nitrogens with zero attached hydrogens (tertiary/aromatic N) is 2. The number of rotatable bonds is 9. The van der Waals surface area contributed by atoms with Crippen LogP contribution in [0, 0.1) is 20.8 Å². The van der Waals surface area contributed by atoms with Gasteiger partial charge >= 0.3 is 5.97 Å². The van der Waals surface area contributed by atoms with Gasteiger partial charge in [0.1, 0.15) is 11.5 Å². The second-order valence-corrected chi connectivity index (χ2v) is 8.90. The molecule has 6 heteroatoms. The number of ether oxygens (including phenoxy) is 1. The number of aromatic nitrogens is 2. The minimum atomic E-state index is -0.792. The largest absolute Gasteiger partial charge is 0.493 e. The normalized spacial score (nSPS) is 11.9. The van der Waals surface area contributed by atoms with Crippen LogP contribution in [0.4, 0.5) is 0 Å². The lowest BCUT2D eigenvalue weighted by Gasteiger charge is -2.13. The summed E-state index contributed by atoms with van der Waals surface area (Å²) in [5.74, 6) is 1.37. The predicted octanol–water partition coefficient (Wildman–Crippen LogP) is 6.53. The second-order valence-electron chi connectivity index (χ2n) is 8.90. The molecule has 1 unspecified atom stereocenters. The van der Waals surface area contributed by atoms with Crippen LogP contribution < -0.4 is 4.74 Å². The highest BCUT2D eigenvalue weighted by molar-refractivity contribution is 5.67. The molecule has 0 aliphatic rings. The maximum Gasteiger partial charge on any atom is 0.303 e. The van der Waals surface area contributed by atoms with Gasteiger partial charge in [-0.05, 0) is 74.7 Å². The van der Waals surface area contributed by atoms with Gasteiger partial charge < -0.3 is 14.3 Å². The molecule has 4 aromatic rings. The molecule has 2 aromatic carbocycles. The van der Waals surface area contributed by atoms with Crippen molar-refractivity contribution in [2.75, 3.05) is 6.61 Å². The molecular formula is C29H30N2O4. The van der Waals surface area contributed by atoms with Gasteiger partial charge in [0.05, 0.1) is 18.0 Å². The van der Waals surface area contributed by atoms with Crippen molar-refractivity contribution in [3.05, 3.63) is 88.9 Å². The van der Waals surface area contributed by atoms with Crippen molar-refractivity contribution in [2.24, 2.45) is 0 Å². The topological polar surface area (TPSA) is 85.5 Å². The van der Waals surface area contributed by atoms with E-state index in [4.69, 9.17) is 19.2 Å². The fourth-order valence-electron chi connectivity index (χ4n) is 4.06. The summed E-state index contributed by atoms with van der Waals surface area (Å²) < 4.78 is 12.0. The van der Waals surface area contributed by atoms with E-state index in [2.05, 4.69) is 11.9 Å². The third kappa shape index (κ3) is 5.96. The highest BCUT2D eigenvalue weighted by Gasteiger charge is 2.18. The Bertz CT molecular complexity index is 1330. The minimum Gasteiger partial charge on any atom is -0.493 e. The minimum absolute atomic E-state index is 0.0373. The van der Waals surface area contributed by atoms with Crippen molar-refractivity contribution in [2.45, 2.75) is 46.5 Å². The number of aliphatic carboxylic acids is 1. The third-order valence-electron chi connectivity index (χ3n) is 6.04. The van der Waals surface area contributed by atoms with E-state index in [1.165, 1.54) is 0 Å². The molecule has 4 rings (SSSR count). The summed E-state index contributed by atoms with van der Waals surface area (Å²) in [5, 5.41) is 8.90. The van der Waals surface area contributed by atoms with Crippen molar-refractivity contribution in [3.8, 4) is 28.5 Å². The summed E-state index contributed by atoms with van der Waals surface area (Å²) in [5.41, 5.74) is 6.81. The van der Waals surface area contributed by atoms with Crippen LogP contribution in [0.3, 0.4) is 0 Å². The zero-order valence-electron chi connectivity index (χ0n) is 20.5. The van der Waals surface area contributed by atoms with E-state index >= 15 is 0 Å². The van der Waals surface area contributed by atoms with E-state index in [1.54, 1.807) is 0 Å². The van der Waals surface area contributed by atoms with Crippen LogP contribution >= 0.6 is 0 Å². The lowest BCUT2D eigenvalue weighted by molar-refractivity contribution is -0.136. The number of carboxylic acids is 1. The average molecular weight is 471 g/mol. The summed E-state index contributed by atoms with van der Waals surface area (Å²) in [4.78, 5) is 20.2. The molecule has 0 spiro atoms. The van der Waals surface area contributed by atoms with E-state index in [1.807, 2.05) is 81.4 Å². The number of benzene rings is 2. The number of pyridine rings is 1. The van der Waals surface area contributed by atoms with E-state index in [0.29, 0.717) is 18.9 Å². The van der Waals surface area contributed by atoms with Gasteiger partial charge in [0, 0.05) is 29.2 Å². The lowest BCUT2D eigenvalue weighted by atomic mass is 10.0. The highest BCUT2D eigenvalue weighted by atomic mass is 16.5. The Morgan fingerprint density at radius 3 is 2.43 bits per heavy atom. The Morgan fingerprint density at radius 1 is 1.00 bits per heavy atom. The molecule has 0 radical (unpaired) electrons. The molecule has 1 atom stereocenters. The smallest absolute Gasteiger partial charge is 0.303 e. The maximum atomic E-state index is 10.8. The standard InChI is InChI=1S/C29H30N2O4/c1-18-16-25(14-12-22(18)13-15-27(32)33)34-17-19(2)28-21(4)35-29(31-28)24-10-8-23(9-11-24)26-7-5-6-20(3)30-26/h5-12,14,16,19H,13,15,17H2,1-4H3,(H,32,33). The van der Waals surface area contributed by atoms with E-state index in [0.717, 1.165) is 50.8 Å². The molecule has 0 saturated carbocycles. The fraction of sp³-hybridized carbons (Fsp3) is 0.276. The summed E-state index contributed by atoms with van der Waals surface area (Å²) in [6.07, 6.45) is 0.638. The van der Waals surface area contributed by atoms with Crippen molar-refractivity contribution < 1.29 is 19.1 Å². The summed E-state index contributed by atoms with van der Waals surface area (Å²) in [6, 6.07) is 19.9. The number of carboxylic acid groups (broad SMARTS) is 1. The molecule has 0 aliphatic heterocycles. The Hall–Kier alpha value is -3.93. The zero-order valence-corrected chi connectivity index (χ0v) is 20.5. The molecule has 2 heterocycles. The SMILES string of the molecule is Cc1cccc(-c2ccc(-c3nc(C(C)COc4ccc(CCC(=O)O)c(C)c4)c(C)o3)cc2)n1. The van der Waals surface area contributed by atoms with Crippen molar-refractivity contribution in [3.63, 3.8) is 0 Å². The first-order chi connectivity index (χ1) is 16.8. The van der Waals surface area contributed by atoms with Crippen LogP contribution in [0.1, 0.15) is 47.5 Å². The molecule has 0 amide bonds. The Labute approximate surface area is 205 Å². The Balaban J connectivity index is 1.42. The molecule has 35 heavy (non-hydrogen) atoms. The summed E-state index contributed by atoms with van der Waals surface area (Å²) in [7, 11) is 0. The average Bonchev–Trinajstić information content (AvgIpc) is 3.23. The first-order valence-electron chi connectivity index (χ1n) is 11.8. The van der Waals surface area contributed by atoms with Gasteiger partial charge in [-0.2, -0.15) is 0 Å². The molecule has 0 aliphatic carbocycles. The number of carbonyl (C=O) groups is 1. The quantitative estimate of drug-likeness (QED) is 0.299. The van der Waals surface area contributed by atoms with Gasteiger partial charge in [-0.3, -0.25) is 9.78 Å². The Kier molecular flexibility index (Phi) is 7.30. The van der Waals surface area contributed by atoms with Crippen LogP contribution in [0.15, 0.2) is 65.1 Å². The van der Waals surface area contributed by atoms with E-state index < -0.39 is 5.97 Å².